The van der Waals surface area contributed by atoms with Crippen molar-refractivity contribution < 1.29 is 54.5 Å². The maximum atomic E-state index is 14.3. The summed E-state index contributed by atoms with van der Waals surface area (Å²) >= 11 is 10.9. The lowest BCUT2D eigenvalue weighted by atomic mass is 10.1. The summed E-state index contributed by atoms with van der Waals surface area (Å²) in [5.41, 5.74) is -2.24. The Morgan fingerprint density at radius 1 is 0.680 bits per heavy atom. The molecule has 2 amide bonds. The Balaban J connectivity index is 0.000000232. The molecule has 0 saturated carbocycles. The summed E-state index contributed by atoms with van der Waals surface area (Å²) in [6.45, 7) is 11.8. The molecule has 26 heteroatoms. The molecule has 2 aliphatic heterocycles. The summed E-state index contributed by atoms with van der Waals surface area (Å²) in [4.78, 5) is 72.5. The zero-order valence-electron chi connectivity index (χ0n) is 42.0. The molecule has 4 aromatic heterocycles. The molecular weight excluding hydrogens is 1070 g/mol. The number of sulfone groups is 1. The lowest BCUT2D eigenvalue weighted by Gasteiger charge is -2.35. The van der Waals surface area contributed by atoms with E-state index in [1.807, 2.05) is 6.26 Å². The Hall–Kier alpha value is -6.24. The number of fused-ring (bicyclic) bond motifs is 2. The van der Waals surface area contributed by atoms with Gasteiger partial charge < -0.3 is 28.7 Å². The molecule has 2 aromatic carbocycles. The third kappa shape index (κ3) is 15.0. The molecule has 18 nitrogen and oxygen atoms in total. The number of thioether (sulfide) groups is 1. The monoisotopic (exact) mass is 1120 g/mol. The Morgan fingerprint density at radius 2 is 1.09 bits per heavy atom. The van der Waals surface area contributed by atoms with Gasteiger partial charge in [0.25, 0.3) is 11.1 Å². The average Bonchev–Trinajstić information content (AvgIpc) is 3.32. The van der Waals surface area contributed by atoms with Gasteiger partial charge in [-0.3, -0.25) is 18.7 Å². The van der Waals surface area contributed by atoms with Crippen LogP contribution in [0.25, 0.3) is 22.1 Å². The molecule has 0 unspecified atom stereocenters. The van der Waals surface area contributed by atoms with Gasteiger partial charge in [-0.25, -0.2) is 50.5 Å². The van der Waals surface area contributed by atoms with Gasteiger partial charge in [-0.05, 0) is 110 Å². The van der Waals surface area contributed by atoms with Crippen molar-refractivity contribution in [2.75, 3.05) is 44.0 Å². The molecule has 8 rings (SSSR count). The largest absolute Gasteiger partial charge is 0.448 e. The number of amides is 2. The number of likely N-dealkylation sites (tertiary alicyclic amines) is 2. The quantitative estimate of drug-likeness (QED) is 0.0601. The van der Waals surface area contributed by atoms with Gasteiger partial charge in [0.1, 0.15) is 34.1 Å². The van der Waals surface area contributed by atoms with E-state index in [1.54, 1.807) is 52.6 Å². The molecular formula is C49H54Cl2F4N8O10S2. The van der Waals surface area contributed by atoms with Gasteiger partial charge in [0.05, 0.1) is 17.4 Å². The molecule has 2 atom stereocenters. The highest BCUT2D eigenvalue weighted by Gasteiger charge is 2.33. The molecule has 75 heavy (non-hydrogen) atoms. The van der Waals surface area contributed by atoms with Crippen molar-refractivity contribution in [2.24, 2.45) is 0 Å². The zero-order valence-corrected chi connectivity index (χ0v) is 45.2. The van der Waals surface area contributed by atoms with Crippen LogP contribution in [0.5, 0.6) is 23.0 Å². The summed E-state index contributed by atoms with van der Waals surface area (Å²) in [5, 5.41) is 0.947. The average molecular weight is 1130 g/mol. The van der Waals surface area contributed by atoms with Crippen LogP contribution in [0.15, 0.2) is 80.8 Å². The second-order valence-corrected chi connectivity index (χ2v) is 22.6. The van der Waals surface area contributed by atoms with Crippen LogP contribution in [0, 0.1) is 23.3 Å². The van der Waals surface area contributed by atoms with E-state index in [1.165, 1.54) is 44.1 Å². The number of halogens is 6. The van der Waals surface area contributed by atoms with Crippen LogP contribution in [0.1, 0.15) is 79.3 Å². The third-order valence-corrected chi connectivity index (χ3v) is 12.4. The van der Waals surface area contributed by atoms with Gasteiger partial charge in [0.15, 0.2) is 39.8 Å². The number of aromatic nitrogens is 6. The van der Waals surface area contributed by atoms with Crippen molar-refractivity contribution in [2.45, 2.75) is 101 Å². The first-order chi connectivity index (χ1) is 35.2. The number of ether oxygens (including phenoxy) is 4. The van der Waals surface area contributed by atoms with E-state index in [-0.39, 0.29) is 52.5 Å². The van der Waals surface area contributed by atoms with Crippen molar-refractivity contribution in [1.82, 2.24) is 38.9 Å². The summed E-state index contributed by atoms with van der Waals surface area (Å²) in [6, 6.07) is 7.16. The highest BCUT2D eigenvalue weighted by atomic mass is 35.5. The predicted molar refractivity (Wildman–Crippen MR) is 274 cm³/mol. The van der Waals surface area contributed by atoms with E-state index in [0.717, 1.165) is 30.5 Å². The standard InChI is InChI=1S/C24H26F2N4O6S.C24H26F2N4O4S.CH2Cl2/c1-24(2,3)36-23(32)29-9-5-6-16(13-29)30-20-14(12-27-22(28-20)37(4,33)34)10-19(21(30)31)35-18-8-7-15(25)11-17(18)26;1-24(2,3)34-23(32)29-9-5-6-16(13-29)30-20-14(12-27-22(28-20)35-4)10-19(21(30)31)33-18-8-7-15(25)11-17(18)26;2-1-3/h7-8,10-12,16H,5-6,9,13H2,1-4H3;7-8,10-12,16H,5-6,9,13H2,1-4H3;1H2/t2*16-;/m11./s1. The van der Waals surface area contributed by atoms with Gasteiger partial charge >= 0.3 is 12.2 Å². The number of nitrogens with zero attached hydrogens (tertiary/aromatic N) is 8. The van der Waals surface area contributed by atoms with Gasteiger partial charge in [-0.2, -0.15) is 4.98 Å². The van der Waals surface area contributed by atoms with Crippen molar-refractivity contribution in [3.8, 4) is 23.0 Å². The molecule has 0 bridgehead atoms. The summed E-state index contributed by atoms with van der Waals surface area (Å²) in [7, 11) is -3.81. The Morgan fingerprint density at radius 3 is 1.48 bits per heavy atom. The van der Waals surface area contributed by atoms with E-state index in [9.17, 15) is 45.2 Å². The van der Waals surface area contributed by atoms with E-state index in [2.05, 4.69) is 19.9 Å². The van der Waals surface area contributed by atoms with E-state index < -0.39 is 84.9 Å². The number of carbonyl (C=O) groups is 2. The molecule has 2 fully saturated rings. The first-order valence-electron chi connectivity index (χ1n) is 23.1. The predicted octanol–water partition coefficient (Wildman–Crippen LogP) is 10.4. The SMILES string of the molecule is CC(C)(C)OC(=O)N1CCC[C@@H](n2c(=O)c(Oc3ccc(F)cc3F)cc3cnc(S(C)(=O)=O)nc32)C1.CSc1ncc2cc(Oc3ccc(F)cc3F)c(=O)n([C@@H]3CCCN(C(=O)OC(C)(C)C)C3)c2n1.ClCCl. The van der Waals surface area contributed by atoms with Crippen LogP contribution in [0.3, 0.4) is 0 Å². The van der Waals surface area contributed by atoms with Gasteiger partial charge in [-0.15, -0.1) is 23.2 Å². The van der Waals surface area contributed by atoms with Gasteiger partial charge in [0, 0.05) is 67.7 Å². The molecule has 0 aliphatic carbocycles. The van der Waals surface area contributed by atoms with Gasteiger partial charge in [0.2, 0.25) is 15.0 Å². The number of pyridine rings is 2. The second-order valence-electron chi connectivity index (χ2n) is 19.1. The molecule has 0 spiro atoms. The smallest absolute Gasteiger partial charge is 0.410 e. The first kappa shape index (κ1) is 58.0. The fourth-order valence-corrected chi connectivity index (χ4v) is 8.76. The Bertz CT molecular complexity index is 3320. The second kappa shape index (κ2) is 24.2. The van der Waals surface area contributed by atoms with Crippen LogP contribution in [0.4, 0.5) is 27.2 Å². The number of hydrogen-bond acceptors (Lipinski definition) is 15. The molecule has 0 radical (unpaired) electrons. The van der Waals surface area contributed by atoms with Crippen LogP contribution >= 0.6 is 35.0 Å². The van der Waals surface area contributed by atoms with Crippen LogP contribution in [-0.2, 0) is 19.3 Å². The summed E-state index contributed by atoms with van der Waals surface area (Å²) < 4.78 is 104. The molecule has 2 aliphatic rings. The van der Waals surface area contributed by atoms with Crippen LogP contribution in [-0.4, -0.2) is 115 Å². The lowest BCUT2D eigenvalue weighted by molar-refractivity contribution is 0.0163. The fourth-order valence-electron chi connectivity index (χ4n) is 7.93. The maximum absolute atomic E-state index is 14.3. The van der Waals surface area contributed by atoms with Gasteiger partial charge in [-0.1, -0.05) is 11.8 Å². The van der Waals surface area contributed by atoms with Crippen molar-refractivity contribution in [3.05, 3.63) is 105 Å². The number of rotatable bonds is 8. The topological polar surface area (TPSA) is 207 Å². The van der Waals surface area contributed by atoms with Crippen molar-refractivity contribution in [1.29, 1.82) is 0 Å². The molecule has 404 valence electrons. The summed E-state index contributed by atoms with van der Waals surface area (Å²) in [6.07, 6.45) is 6.78. The van der Waals surface area contributed by atoms with Crippen LogP contribution < -0.4 is 20.6 Å². The van der Waals surface area contributed by atoms with Crippen molar-refractivity contribution >= 4 is 79.1 Å². The van der Waals surface area contributed by atoms with E-state index in [4.69, 9.17) is 42.1 Å². The zero-order chi connectivity index (χ0) is 55.2. The van der Waals surface area contributed by atoms with E-state index >= 15 is 0 Å². The lowest BCUT2D eigenvalue weighted by Crippen LogP contribution is -2.45. The number of carbonyl (C=O) groups excluding carboxylic acids is 2. The summed E-state index contributed by atoms with van der Waals surface area (Å²) in [5.74, 6) is -4.63. The number of benzene rings is 2. The minimum Gasteiger partial charge on any atom is -0.448 e. The normalized spacial score (nSPS) is 16.1. The maximum Gasteiger partial charge on any atom is 0.410 e. The highest BCUT2D eigenvalue weighted by molar-refractivity contribution is 7.98. The third-order valence-electron chi connectivity index (χ3n) is 11.0. The molecule has 6 heterocycles. The van der Waals surface area contributed by atoms with Crippen LogP contribution in [0.2, 0.25) is 0 Å². The minimum absolute atomic E-state index is 0.0170. The highest BCUT2D eigenvalue weighted by Crippen LogP contribution is 2.32. The number of piperidine rings is 2. The molecule has 2 saturated heterocycles. The minimum atomic E-state index is -3.81. The Labute approximate surface area is 443 Å². The molecule has 0 N–H and O–H groups in total. The van der Waals surface area contributed by atoms with E-state index in [0.29, 0.717) is 67.1 Å². The number of alkyl halides is 2. The van der Waals surface area contributed by atoms with Crippen molar-refractivity contribution in [3.63, 3.8) is 0 Å². The fraction of sp³-hybridized carbons (Fsp3) is 0.429. The Kier molecular flexibility index (Phi) is 18.7. The first-order valence-corrected chi connectivity index (χ1v) is 27.3. The molecule has 6 aromatic rings. The number of hydrogen-bond donors (Lipinski definition) is 0.